The van der Waals surface area contributed by atoms with E-state index in [0.29, 0.717) is 24.7 Å². The summed E-state index contributed by atoms with van der Waals surface area (Å²) in [5.74, 6) is 0.702. The number of carbonyl (C=O) groups excluding carboxylic acids is 2. The summed E-state index contributed by atoms with van der Waals surface area (Å²) in [4.78, 5) is 36.9. The minimum absolute atomic E-state index is 0.000961. The van der Waals surface area contributed by atoms with Crippen LogP contribution in [0.4, 0.5) is 4.79 Å². The molecule has 1 aliphatic carbocycles. The molecule has 4 heterocycles. The second-order valence-electron chi connectivity index (χ2n) is 9.50. The van der Waals surface area contributed by atoms with E-state index in [0.717, 1.165) is 57.7 Å². The summed E-state index contributed by atoms with van der Waals surface area (Å²) in [5, 5.41) is 0. The molecule has 0 aromatic carbocycles. The molecule has 0 atom stereocenters. The minimum Gasteiger partial charge on any atom is -0.381 e. The van der Waals surface area contributed by atoms with Crippen molar-refractivity contribution in [2.75, 3.05) is 39.4 Å². The standard InChI is InChI=1S/C23H32N4O3/c1-17-3-2-4-20(24-17)21(28)25-11-7-19(8-12-25)27-22(29)26(15-18-5-6-18)16-23(27)9-13-30-14-10-23/h2-4,18-19H,5-16H2,1H3. The molecular weight excluding hydrogens is 380 g/mol. The molecule has 0 bridgehead atoms. The maximum atomic E-state index is 13.4. The summed E-state index contributed by atoms with van der Waals surface area (Å²) in [6.07, 6.45) is 6.03. The van der Waals surface area contributed by atoms with Gasteiger partial charge in [-0.15, -0.1) is 0 Å². The van der Waals surface area contributed by atoms with Crippen LogP contribution in [0.15, 0.2) is 18.2 Å². The SMILES string of the molecule is Cc1cccc(C(=O)N2CCC(N3C(=O)N(CC4CC4)CC34CCOCC4)CC2)n1. The molecule has 162 valence electrons. The Hall–Kier alpha value is -2.15. The molecule has 0 N–H and O–H groups in total. The van der Waals surface area contributed by atoms with E-state index in [-0.39, 0.29) is 23.5 Å². The van der Waals surface area contributed by atoms with Gasteiger partial charge in [-0.2, -0.15) is 0 Å². The van der Waals surface area contributed by atoms with E-state index in [1.165, 1.54) is 12.8 Å². The molecule has 0 radical (unpaired) electrons. The molecule has 4 aliphatic rings. The summed E-state index contributed by atoms with van der Waals surface area (Å²) >= 11 is 0. The van der Waals surface area contributed by atoms with Crippen LogP contribution in [0.1, 0.15) is 54.7 Å². The molecule has 7 nitrogen and oxygen atoms in total. The van der Waals surface area contributed by atoms with Crippen molar-refractivity contribution in [1.82, 2.24) is 19.7 Å². The first-order valence-corrected chi connectivity index (χ1v) is 11.4. The predicted octanol–water partition coefficient (Wildman–Crippen LogP) is 2.69. The number of piperidine rings is 1. The summed E-state index contributed by atoms with van der Waals surface area (Å²) in [6, 6.07) is 6.00. The first kappa shape index (κ1) is 19.8. The Morgan fingerprint density at radius 1 is 1.17 bits per heavy atom. The number of hydrogen-bond acceptors (Lipinski definition) is 4. The summed E-state index contributed by atoms with van der Waals surface area (Å²) < 4.78 is 5.65. The zero-order chi connectivity index (χ0) is 20.7. The highest BCUT2D eigenvalue weighted by Crippen LogP contribution is 2.41. The van der Waals surface area contributed by atoms with Crippen molar-refractivity contribution in [2.45, 2.75) is 57.0 Å². The van der Waals surface area contributed by atoms with Crippen LogP contribution in [0, 0.1) is 12.8 Å². The van der Waals surface area contributed by atoms with Crippen molar-refractivity contribution in [2.24, 2.45) is 5.92 Å². The van der Waals surface area contributed by atoms with Crippen molar-refractivity contribution < 1.29 is 14.3 Å². The number of nitrogens with zero attached hydrogens (tertiary/aromatic N) is 4. The van der Waals surface area contributed by atoms with Gasteiger partial charge in [0, 0.05) is 51.1 Å². The third-order valence-electron chi connectivity index (χ3n) is 7.30. The Morgan fingerprint density at radius 2 is 1.90 bits per heavy atom. The molecule has 0 unspecified atom stereocenters. The summed E-state index contributed by atoms with van der Waals surface area (Å²) in [6.45, 7) is 6.49. The van der Waals surface area contributed by atoms with Crippen LogP contribution in [0.25, 0.3) is 0 Å². The third-order valence-corrected chi connectivity index (χ3v) is 7.30. The average Bonchev–Trinajstić information content (AvgIpc) is 3.54. The number of ether oxygens (including phenoxy) is 1. The normalized spacial score (nSPS) is 24.7. The third kappa shape index (κ3) is 3.68. The number of aromatic nitrogens is 1. The van der Waals surface area contributed by atoms with E-state index in [9.17, 15) is 9.59 Å². The topological polar surface area (TPSA) is 66.0 Å². The van der Waals surface area contributed by atoms with Gasteiger partial charge in [-0.25, -0.2) is 9.78 Å². The molecule has 30 heavy (non-hydrogen) atoms. The maximum absolute atomic E-state index is 13.4. The fourth-order valence-electron chi connectivity index (χ4n) is 5.45. The molecule has 4 fully saturated rings. The Kier molecular flexibility index (Phi) is 5.17. The second kappa shape index (κ2) is 7.84. The molecule has 7 heteroatoms. The number of hydrogen-bond donors (Lipinski definition) is 0. The zero-order valence-corrected chi connectivity index (χ0v) is 17.9. The minimum atomic E-state index is -0.0842. The van der Waals surface area contributed by atoms with Crippen molar-refractivity contribution in [3.05, 3.63) is 29.6 Å². The number of pyridine rings is 1. The van der Waals surface area contributed by atoms with Crippen molar-refractivity contribution in [1.29, 1.82) is 0 Å². The van der Waals surface area contributed by atoms with Crippen LogP contribution in [-0.2, 0) is 4.74 Å². The number of rotatable bonds is 4. The van der Waals surface area contributed by atoms with Crippen molar-refractivity contribution >= 4 is 11.9 Å². The maximum Gasteiger partial charge on any atom is 0.320 e. The highest BCUT2D eigenvalue weighted by molar-refractivity contribution is 5.92. The number of amides is 3. The number of urea groups is 1. The molecule has 1 saturated carbocycles. The Labute approximate surface area is 178 Å². The van der Waals surface area contributed by atoms with E-state index < -0.39 is 0 Å². The largest absolute Gasteiger partial charge is 0.381 e. The molecule has 1 aromatic heterocycles. The average molecular weight is 413 g/mol. The quantitative estimate of drug-likeness (QED) is 0.763. The molecule has 1 spiro atoms. The fraction of sp³-hybridized carbons (Fsp3) is 0.696. The number of carbonyl (C=O) groups is 2. The van der Waals surface area contributed by atoms with Gasteiger partial charge in [-0.05, 0) is 63.5 Å². The first-order chi connectivity index (χ1) is 14.6. The highest BCUT2D eigenvalue weighted by Gasteiger charge is 2.53. The summed E-state index contributed by atoms with van der Waals surface area (Å²) in [5.41, 5.74) is 1.29. The van der Waals surface area contributed by atoms with E-state index in [2.05, 4.69) is 14.8 Å². The van der Waals surface area contributed by atoms with Gasteiger partial charge in [-0.3, -0.25) is 4.79 Å². The van der Waals surface area contributed by atoms with E-state index >= 15 is 0 Å². The van der Waals surface area contributed by atoms with Gasteiger partial charge >= 0.3 is 6.03 Å². The second-order valence-corrected chi connectivity index (χ2v) is 9.50. The smallest absolute Gasteiger partial charge is 0.320 e. The van der Waals surface area contributed by atoms with Crippen LogP contribution in [0.3, 0.4) is 0 Å². The molecule has 3 saturated heterocycles. The van der Waals surface area contributed by atoms with Crippen LogP contribution in [0.5, 0.6) is 0 Å². The van der Waals surface area contributed by atoms with Gasteiger partial charge in [-0.1, -0.05) is 6.07 Å². The van der Waals surface area contributed by atoms with Crippen LogP contribution >= 0.6 is 0 Å². The first-order valence-electron chi connectivity index (χ1n) is 11.4. The lowest BCUT2D eigenvalue weighted by molar-refractivity contribution is -0.0153. The van der Waals surface area contributed by atoms with Crippen LogP contribution < -0.4 is 0 Å². The lowest BCUT2D eigenvalue weighted by Gasteiger charge is -2.46. The van der Waals surface area contributed by atoms with Crippen LogP contribution in [-0.4, -0.2) is 82.6 Å². The molecular formula is C23H32N4O3. The van der Waals surface area contributed by atoms with E-state index in [4.69, 9.17) is 4.74 Å². The predicted molar refractivity (Wildman–Crippen MR) is 112 cm³/mol. The zero-order valence-electron chi connectivity index (χ0n) is 17.9. The molecule has 1 aromatic rings. The van der Waals surface area contributed by atoms with E-state index in [1.807, 2.05) is 24.0 Å². The van der Waals surface area contributed by atoms with Gasteiger partial charge in [0.25, 0.3) is 5.91 Å². The van der Waals surface area contributed by atoms with Gasteiger partial charge in [0.1, 0.15) is 5.69 Å². The highest BCUT2D eigenvalue weighted by atomic mass is 16.5. The number of likely N-dealkylation sites (tertiary alicyclic amines) is 1. The van der Waals surface area contributed by atoms with Gasteiger partial charge in [0.2, 0.25) is 0 Å². The lowest BCUT2D eigenvalue weighted by atomic mass is 9.86. The lowest BCUT2D eigenvalue weighted by Crippen LogP contribution is -2.57. The molecule has 3 aliphatic heterocycles. The molecule has 3 amide bonds. The van der Waals surface area contributed by atoms with E-state index in [1.54, 1.807) is 6.07 Å². The van der Waals surface area contributed by atoms with Gasteiger partial charge in [0.05, 0.1) is 5.54 Å². The fourth-order valence-corrected chi connectivity index (χ4v) is 5.45. The monoisotopic (exact) mass is 412 g/mol. The van der Waals surface area contributed by atoms with Crippen LogP contribution in [0.2, 0.25) is 0 Å². The Bertz CT molecular complexity index is 810. The van der Waals surface area contributed by atoms with Gasteiger partial charge < -0.3 is 19.4 Å². The number of aryl methyl sites for hydroxylation is 1. The molecule has 5 rings (SSSR count). The Morgan fingerprint density at radius 3 is 2.57 bits per heavy atom. The Balaban J connectivity index is 1.28. The van der Waals surface area contributed by atoms with Crippen molar-refractivity contribution in [3.8, 4) is 0 Å². The summed E-state index contributed by atoms with van der Waals surface area (Å²) in [7, 11) is 0. The van der Waals surface area contributed by atoms with Gasteiger partial charge in [0.15, 0.2) is 0 Å². The van der Waals surface area contributed by atoms with Crippen molar-refractivity contribution in [3.63, 3.8) is 0 Å².